The lowest BCUT2D eigenvalue weighted by atomic mass is 10.1. The molecule has 2 aromatic rings. The summed E-state index contributed by atoms with van der Waals surface area (Å²) in [5, 5.41) is 0. The first kappa shape index (κ1) is 22.4. The fourth-order valence-electron chi connectivity index (χ4n) is 4.09. The molecule has 2 fully saturated rings. The Morgan fingerprint density at radius 1 is 0.812 bits per heavy atom. The van der Waals surface area contributed by atoms with Crippen molar-refractivity contribution in [1.29, 1.82) is 0 Å². The molecule has 4 rings (SSSR count). The van der Waals surface area contributed by atoms with Crippen molar-refractivity contribution in [2.45, 2.75) is 11.4 Å². The average Bonchev–Trinajstić information content (AvgIpc) is 2.85. The maximum absolute atomic E-state index is 12.8. The van der Waals surface area contributed by atoms with Gasteiger partial charge in [0.15, 0.2) is 0 Å². The predicted octanol–water partition coefficient (Wildman–Crippen LogP) is 1.11. The van der Waals surface area contributed by atoms with Gasteiger partial charge in [0.2, 0.25) is 16.4 Å². The zero-order valence-electron chi connectivity index (χ0n) is 18.0. The number of benzene rings is 2. The lowest BCUT2D eigenvalue weighted by Crippen LogP contribution is -2.48. The molecule has 0 aliphatic carbocycles. The molecule has 0 radical (unpaired) electrons. The van der Waals surface area contributed by atoms with Crippen LogP contribution in [0.25, 0.3) is 0 Å². The van der Waals surface area contributed by atoms with Crippen LogP contribution in [0.15, 0.2) is 59.5 Å². The Kier molecular flexibility index (Phi) is 6.88. The normalized spacial score (nSPS) is 18.5. The quantitative estimate of drug-likeness (QED) is 0.609. The van der Waals surface area contributed by atoms with E-state index in [1.807, 2.05) is 30.3 Å². The number of carbonyl (C=O) groups is 2. The van der Waals surface area contributed by atoms with Gasteiger partial charge in [-0.05, 0) is 29.8 Å². The van der Waals surface area contributed by atoms with Crippen LogP contribution in [0.2, 0.25) is 0 Å². The molecule has 0 bridgehead atoms. The fraction of sp³-hybridized carbons (Fsp3) is 0.391. The first-order valence-corrected chi connectivity index (χ1v) is 12.3. The maximum Gasteiger partial charge on any atom is 0.253 e. The Hall–Kier alpha value is -2.75. The monoisotopic (exact) mass is 456 g/mol. The van der Waals surface area contributed by atoms with Gasteiger partial charge in [0.1, 0.15) is 0 Å². The van der Waals surface area contributed by atoms with Crippen molar-refractivity contribution in [3.8, 4) is 0 Å². The standard InChI is InChI=1S/C23H28N4O4S/c28-19-25-10-14-26(15-11-25)23(29)21-8-6-20(7-9-21)18-24-12-16-27(17-13-24)32(30,31)22-4-2-1-3-5-22/h1-9,19H,10-18H2. The minimum Gasteiger partial charge on any atom is -0.342 e. The summed E-state index contributed by atoms with van der Waals surface area (Å²) in [5.41, 5.74) is 1.73. The molecule has 2 aliphatic heterocycles. The topological polar surface area (TPSA) is 81.2 Å². The van der Waals surface area contributed by atoms with Crippen molar-refractivity contribution >= 4 is 22.3 Å². The van der Waals surface area contributed by atoms with Crippen LogP contribution in [0.3, 0.4) is 0 Å². The molecule has 32 heavy (non-hydrogen) atoms. The minimum atomic E-state index is -3.45. The van der Waals surface area contributed by atoms with Crippen LogP contribution >= 0.6 is 0 Å². The third-order valence-corrected chi connectivity index (χ3v) is 7.98. The zero-order valence-corrected chi connectivity index (χ0v) is 18.8. The van der Waals surface area contributed by atoms with E-state index >= 15 is 0 Å². The highest BCUT2D eigenvalue weighted by Gasteiger charge is 2.28. The minimum absolute atomic E-state index is 0.0122. The van der Waals surface area contributed by atoms with E-state index in [2.05, 4.69) is 4.90 Å². The number of sulfonamides is 1. The number of amides is 2. The van der Waals surface area contributed by atoms with E-state index < -0.39 is 10.0 Å². The second kappa shape index (κ2) is 9.81. The lowest BCUT2D eigenvalue weighted by Gasteiger charge is -2.34. The molecular formula is C23H28N4O4S. The smallest absolute Gasteiger partial charge is 0.253 e. The Morgan fingerprint density at radius 2 is 1.44 bits per heavy atom. The summed E-state index contributed by atoms with van der Waals surface area (Å²) in [6, 6.07) is 16.2. The van der Waals surface area contributed by atoms with Crippen molar-refractivity contribution in [3.05, 3.63) is 65.7 Å². The van der Waals surface area contributed by atoms with Gasteiger partial charge in [-0.1, -0.05) is 30.3 Å². The number of hydrogen-bond donors (Lipinski definition) is 0. The number of carbonyl (C=O) groups excluding carboxylic acids is 2. The molecule has 170 valence electrons. The highest BCUT2D eigenvalue weighted by atomic mass is 32.2. The molecule has 8 nitrogen and oxygen atoms in total. The molecule has 2 heterocycles. The Balaban J connectivity index is 1.29. The fourth-order valence-corrected chi connectivity index (χ4v) is 5.54. The van der Waals surface area contributed by atoms with Gasteiger partial charge in [0.25, 0.3) is 5.91 Å². The third-order valence-electron chi connectivity index (χ3n) is 6.07. The molecule has 0 aromatic heterocycles. The van der Waals surface area contributed by atoms with E-state index in [4.69, 9.17) is 0 Å². The molecular weight excluding hydrogens is 428 g/mol. The molecule has 2 aromatic carbocycles. The average molecular weight is 457 g/mol. The Morgan fingerprint density at radius 3 is 2.03 bits per heavy atom. The predicted molar refractivity (Wildman–Crippen MR) is 120 cm³/mol. The number of nitrogens with zero attached hydrogens (tertiary/aromatic N) is 4. The van der Waals surface area contributed by atoms with E-state index in [-0.39, 0.29) is 5.91 Å². The molecule has 2 aliphatic rings. The van der Waals surface area contributed by atoms with E-state index in [1.165, 1.54) is 0 Å². The van der Waals surface area contributed by atoms with Gasteiger partial charge in [-0.3, -0.25) is 14.5 Å². The van der Waals surface area contributed by atoms with Crippen molar-refractivity contribution < 1.29 is 18.0 Å². The van der Waals surface area contributed by atoms with Gasteiger partial charge < -0.3 is 9.80 Å². The van der Waals surface area contributed by atoms with E-state index in [9.17, 15) is 18.0 Å². The van der Waals surface area contributed by atoms with Gasteiger partial charge in [-0.2, -0.15) is 4.31 Å². The summed E-state index contributed by atoms with van der Waals surface area (Å²) >= 11 is 0. The summed E-state index contributed by atoms with van der Waals surface area (Å²) < 4.78 is 27.1. The summed E-state index contributed by atoms with van der Waals surface area (Å²) in [7, 11) is -3.45. The van der Waals surface area contributed by atoms with Gasteiger partial charge in [0, 0.05) is 64.5 Å². The van der Waals surface area contributed by atoms with Crippen molar-refractivity contribution in [3.63, 3.8) is 0 Å². The molecule has 0 unspecified atom stereocenters. The van der Waals surface area contributed by atoms with E-state index in [1.54, 1.807) is 38.4 Å². The molecule has 0 atom stereocenters. The van der Waals surface area contributed by atoms with Gasteiger partial charge in [0.05, 0.1) is 4.90 Å². The molecule has 0 saturated carbocycles. The van der Waals surface area contributed by atoms with Crippen molar-refractivity contribution in [2.24, 2.45) is 0 Å². The second-order valence-corrected chi connectivity index (χ2v) is 10.1. The van der Waals surface area contributed by atoms with Gasteiger partial charge >= 0.3 is 0 Å². The number of rotatable bonds is 6. The highest BCUT2D eigenvalue weighted by Crippen LogP contribution is 2.18. The van der Waals surface area contributed by atoms with Crippen LogP contribution in [0, 0.1) is 0 Å². The zero-order chi connectivity index (χ0) is 22.6. The van der Waals surface area contributed by atoms with Crippen molar-refractivity contribution in [1.82, 2.24) is 19.0 Å². The Bertz CT molecular complexity index is 1030. The molecule has 2 saturated heterocycles. The number of piperazine rings is 2. The number of hydrogen-bond acceptors (Lipinski definition) is 5. The Labute approximate surface area is 189 Å². The molecule has 2 amide bonds. The second-order valence-electron chi connectivity index (χ2n) is 8.12. The lowest BCUT2D eigenvalue weighted by molar-refractivity contribution is -0.119. The van der Waals surface area contributed by atoms with Crippen LogP contribution in [-0.2, 0) is 21.4 Å². The van der Waals surface area contributed by atoms with Crippen LogP contribution in [0.5, 0.6) is 0 Å². The van der Waals surface area contributed by atoms with E-state index in [0.29, 0.717) is 69.4 Å². The van der Waals surface area contributed by atoms with Crippen LogP contribution in [0.1, 0.15) is 15.9 Å². The molecule has 9 heteroatoms. The van der Waals surface area contributed by atoms with Crippen LogP contribution in [-0.4, -0.2) is 92.1 Å². The SMILES string of the molecule is O=CN1CCN(C(=O)c2ccc(CN3CCN(S(=O)(=O)c4ccccc4)CC3)cc2)CC1. The summed E-state index contributed by atoms with van der Waals surface area (Å²) in [6.07, 6.45) is 0.827. The molecule has 0 spiro atoms. The van der Waals surface area contributed by atoms with Gasteiger partial charge in [-0.25, -0.2) is 8.42 Å². The first-order valence-electron chi connectivity index (χ1n) is 10.8. The van der Waals surface area contributed by atoms with Gasteiger partial charge in [-0.15, -0.1) is 0 Å². The summed E-state index contributed by atoms with van der Waals surface area (Å²) in [6.45, 7) is 5.19. The van der Waals surface area contributed by atoms with Crippen LogP contribution < -0.4 is 0 Å². The maximum atomic E-state index is 12.8. The van der Waals surface area contributed by atoms with E-state index in [0.717, 1.165) is 12.0 Å². The molecule has 0 N–H and O–H groups in total. The first-order chi connectivity index (χ1) is 15.5. The largest absolute Gasteiger partial charge is 0.342 e. The van der Waals surface area contributed by atoms with Crippen LogP contribution in [0.4, 0.5) is 0 Å². The highest BCUT2D eigenvalue weighted by molar-refractivity contribution is 7.89. The third kappa shape index (κ3) is 5.01. The van der Waals surface area contributed by atoms with Crippen molar-refractivity contribution in [2.75, 3.05) is 52.4 Å². The summed E-state index contributed by atoms with van der Waals surface area (Å²) in [5.74, 6) is -0.0122. The summed E-state index contributed by atoms with van der Waals surface area (Å²) in [4.78, 5) is 29.5.